The lowest BCUT2D eigenvalue weighted by molar-refractivity contribution is -0.0170. The molecule has 5 nitrogen and oxygen atoms in total. The van der Waals surface area contributed by atoms with E-state index in [1.54, 1.807) is 10.9 Å². The van der Waals surface area contributed by atoms with Crippen LogP contribution in [0.15, 0.2) is 18.3 Å². The molecule has 1 aliphatic rings. The summed E-state index contributed by atoms with van der Waals surface area (Å²) in [6.45, 7) is 3.23. The van der Waals surface area contributed by atoms with Gasteiger partial charge in [0.1, 0.15) is 5.75 Å². The standard InChI is InChI=1S/C13H14ClN3O2/c1-8-12(14)5-17(16-8)4-9-2-11(15)3-10-6-18-7-19-13(9)10/h2-3,5H,4,6-7,15H2,1H3. The largest absolute Gasteiger partial charge is 0.467 e. The Kier molecular flexibility index (Phi) is 3.08. The molecule has 0 saturated heterocycles. The summed E-state index contributed by atoms with van der Waals surface area (Å²) in [6, 6.07) is 3.77. The molecule has 0 saturated carbocycles. The molecule has 0 bridgehead atoms. The summed E-state index contributed by atoms with van der Waals surface area (Å²) in [5.74, 6) is 0.838. The van der Waals surface area contributed by atoms with Crippen LogP contribution in [0.5, 0.6) is 5.75 Å². The number of rotatable bonds is 2. The molecular weight excluding hydrogens is 266 g/mol. The van der Waals surface area contributed by atoms with Gasteiger partial charge in [0.05, 0.1) is 23.9 Å². The second-order valence-electron chi connectivity index (χ2n) is 4.54. The van der Waals surface area contributed by atoms with Crippen molar-refractivity contribution in [3.8, 4) is 5.75 Å². The quantitative estimate of drug-likeness (QED) is 0.857. The summed E-state index contributed by atoms with van der Waals surface area (Å²) in [7, 11) is 0. The van der Waals surface area contributed by atoms with E-state index < -0.39 is 0 Å². The molecule has 2 N–H and O–H groups in total. The van der Waals surface area contributed by atoms with Crippen molar-refractivity contribution in [2.45, 2.75) is 20.1 Å². The zero-order valence-corrected chi connectivity index (χ0v) is 11.3. The highest BCUT2D eigenvalue weighted by Crippen LogP contribution is 2.31. The lowest BCUT2D eigenvalue weighted by atomic mass is 10.1. The fourth-order valence-electron chi connectivity index (χ4n) is 2.19. The molecule has 0 atom stereocenters. The van der Waals surface area contributed by atoms with Crippen molar-refractivity contribution in [2.75, 3.05) is 12.5 Å². The van der Waals surface area contributed by atoms with Gasteiger partial charge in [-0.15, -0.1) is 0 Å². The van der Waals surface area contributed by atoms with Crippen LogP contribution in [-0.2, 0) is 17.9 Å². The first-order chi connectivity index (χ1) is 9.13. The summed E-state index contributed by atoms with van der Waals surface area (Å²) in [5.41, 5.74) is 9.36. The van der Waals surface area contributed by atoms with Crippen LogP contribution in [0.4, 0.5) is 5.69 Å². The van der Waals surface area contributed by atoms with E-state index in [1.165, 1.54) is 0 Å². The Balaban J connectivity index is 1.98. The molecule has 1 aromatic heterocycles. The smallest absolute Gasteiger partial charge is 0.189 e. The van der Waals surface area contributed by atoms with E-state index in [-0.39, 0.29) is 6.79 Å². The monoisotopic (exact) mass is 279 g/mol. The number of hydrogen-bond donors (Lipinski definition) is 1. The topological polar surface area (TPSA) is 62.3 Å². The number of hydrogen-bond acceptors (Lipinski definition) is 4. The van der Waals surface area contributed by atoms with E-state index in [1.807, 2.05) is 19.1 Å². The summed E-state index contributed by atoms with van der Waals surface area (Å²) in [4.78, 5) is 0. The number of halogens is 1. The Morgan fingerprint density at radius 3 is 3.05 bits per heavy atom. The third-order valence-corrected chi connectivity index (χ3v) is 3.40. The number of aromatic nitrogens is 2. The number of nitrogen functional groups attached to an aromatic ring is 1. The zero-order chi connectivity index (χ0) is 13.4. The Labute approximate surface area is 115 Å². The second-order valence-corrected chi connectivity index (χ2v) is 4.95. The van der Waals surface area contributed by atoms with Gasteiger partial charge in [0.2, 0.25) is 0 Å². The first-order valence-corrected chi connectivity index (χ1v) is 6.32. The van der Waals surface area contributed by atoms with Crippen LogP contribution in [0, 0.1) is 6.92 Å². The molecule has 6 heteroatoms. The molecule has 0 unspecified atom stereocenters. The Morgan fingerprint density at radius 2 is 2.32 bits per heavy atom. The third-order valence-electron chi connectivity index (χ3n) is 3.03. The minimum atomic E-state index is 0.267. The van der Waals surface area contributed by atoms with Gasteiger partial charge in [0.25, 0.3) is 0 Å². The molecule has 3 rings (SSSR count). The first-order valence-electron chi connectivity index (χ1n) is 5.95. The average molecular weight is 280 g/mol. The van der Waals surface area contributed by atoms with Gasteiger partial charge in [-0.25, -0.2) is 0 Å². The van der Waals surface area contributed by atoms with E-state index in [4.69, 9.17) is 26.8 Å². The molecule has 0 fully saturated rings. The van der Waals surface area contributed by atoms with Gasteiger partial charge in [0, 0.05) is 23.0 Å². The number of ether oxygens (including phenoxy) is 2. The molecular formula is C13H14ClN3O2. The first kappa shape index (κ1) is 12.3. The van der Waals surface area contributed by atoms with Gasteiger partial charge in [-0.2, -0.15) is 5.10 Å². The van der Waals surface area contributed by atoms with Crippen LogP contribution in [0.2, 0.25) is 5.02 Å². The molecule has 1 aromatic carbocycles. The van der Waals surface area contributed by atoms with E-state index in [0.29, 0.717) is 23.9 Å². The van der Waals surface area contributed by atoms with Crippen LogP contribution in [0.1, 0.15) is 16.8 Å². The number of aryl methyl sites for hydroxylation is 1. The summed E-state index contributed by atoms with van der Waals surface area (Å²) < 4.78 is 12.6. The maximum Gasteiger partial charge on any atom is 0.189 e. The van der Waals surface area contributed by atoms with Crippen molar-refractivity contribution in [3.05, 3.63) is 40.2 Å². The van der Waals surface area contributed by atoms with Gasteiger partial charge in [-0.3, -0.25) is 4.68 Å². The van der Waals surface area contributed by atoms with E-state index in [9.17, 15) is 0 Å². The third kappa shape index (κ3) is 2.39. The number of benzene rings is 1. The van der Waals surface area contributed by atoms with Crippen molar-refractivity contribution in [3.63, 3.8) is 0 Å². The molecule has 0 spiro atoms. The maximum atomic E-state index is 6.01. The SMILES string of the molecule is Cc1nn(Cc2cc(N)cc3c2OCOC3)cc1Cl. The Morgan fingerprint density at radius 1 is 1.47 bits per heavy atom. The highest BCUT2D eigenvalue weighted by molar-refractivity contribution is 6.31. The van der Waals surface area contributed by atoms with Gasteiger partial charge in [-0.05, 0) is 19.1 Å². The van der Waals surface area contributed by atoms with Crippen molar-refractivity contribution in [1.29, 1.82) is 0 Å². The molecule has 2 aromatic rings. The summed E-state index contributed by atoms with van der Waals surface area (Å²) in [5, 5.41) is 5.00. The number of nitrogens with two attached hydrogens (primary N) is 1. The lowest BCUT2D eigenvalue weighted by Crippen LogP contribution is -2.15. The number of nitrogens with zero attached hydrogens (tertiary/aromatic N) is 2. The van der Waals surface area contributed by atoms with Gasteiger partial charge in [0.15, 0.2) is 6.79 Å². The molecule has 100 valence electrons. The molecule has 0 amide bonds. The fraction of sp³-hybridized carbons (Fsp3) is 0.308. The van der Waals surface area contributed by atoms with E-state index in [0.717, 1.165) is 22.6 Å². The zero-order valence-electron chi connectivity index (χ0n) is 10.5. The number of fused-ring (bicyclic) bond motifs is 1. The van der Waals surface area contributed by atoms with Crippen molar-refractivity contribution >= 4 is 17.3 Å². The van der Waals surface area contributed by atoms with Crippen molar-refractivity contribution < 1.29 is 9.47 Å². The van der Waals surface area contributed by atoms with E-state index in [2.05, 4.69) is 5.10 Å². The summed E-state index contributed by atoms with van der Waals surface area (Å²) >= 11 is 6.01. The van der Waals surface area contributed by atoms with Gasteiger partial charge >= 0.3 is 0 Å². The molecule has 0 aliphatic carbocycles. The van der Waals surface area contributed by atoms with Gasteiger partial charge < -0.3 is 15.2 Å². The van der Waals surface area contributed by atoms with Crippen molar-refractivity contribution in [1.82, 2.24) is 9.78 Å². The second kappa shape index (κ2) is 4.75. The fourth-order valence-corrected chi connectivity index (χ4v) is 2.34. The number of anilines is 1. The van der Waals surface area contributed by atoms with Crippen LogP contribution in [0.25, 0.3) is 0 Å². The highest BCUT2D eigenvalue weighted by Gasteiger charge is 2.17. The summed E-state index contributed by atoms with van der Waals surface area (Å²) in [6.07, 6.45) is 1.80. The lowest BCUT2D eigenvalue weighted by Gasteiger charge is -2.21. The predicted octanol–water partition coefficient (Wildman–Crippen LogP) is 2.34. The minimum Gasteiger partial charge on any atom is -0.467 e. The maximum absolute atomic E-state index is 6.01. The molecule has 19 heavy (non-hydrogen) atoms. The molecule has 1 aliphatic heterocycles. The predicted molar refractivity (Wildman–Crippen MR) is 72.2 cm³/mol. The normalized spacial score (nSPS) is 14.0. The Bertz CT molecular complexity index is 605. The van der Waals surface area contributed by atoms with Crippen LogP contribution >= 0.6 is 11.6 Å². The van der Waals surface area contributed by atoms with Crippen LogP contribution in [0.3, 0.4) is 0 Å². The Hall–Kier alpha value is -1.72. The molecule has 0 radical (unpaired) electrons. The van der Waals surface area contributed by atoms with E-state index >= 15 is 0 Å². The molecule has 2 heterocycles. The minimum absolute atomic E-state index is 0.267. The highest BCUT2D eigenvalue weighted by atomic mass is 35.5. The average Bonchev–Trinajstić information content (AvgIpc) is 2.68. The van der Waals surface area contributed by atoms with Crippen LogP contribution in [-0.4, -0.2) is 16.6 Å². The van der Waals surface area contributed by atoms with Crippen LogP contribution < -0.4 is 10.5 Å². The van der Waals surface area contributed by atoms with Crippen molar-refractivity contribution in [2.24, 2.45) is 0 Å². The van der Waals surface area contributed by atoms with Gasteiger partial charge in [-0.1, -0.05) is 11.6 Å².